The predicted octanol–water partition coefficient (Wildman–Crippen LogP) is 3.53. The summed E-state index contributed by atoms with van der Waals surface area (Å²) in [5.74, 6) is 0. The smallest absolute Gasteiger partial charge is 0.398 e. The van der Waals surface area contributed by atoms with Crippen LogP contribution in [0.5, 0.6) is 0 Å². The Balaban J connectivity index is 2.58. The van der Waals surface area contributed by atoms with Crippen LogP contribution in [0.1, 0.15) is 16.8 Å². The van der Waals surface area contributed by atoms with Crippen molar-refractivity contribution in [2.75, 3.05) is 5.73 Å². The highest BCUT2D eigenvalue weighted by Crippen LogP contribution is 2.35. The maximum Gasteiger partial charge on any atom is 0.416 e. The number of nitrogens with two attached hydrogens (primary N) is 1. The molecule has 20 heavy (non-hydrogen) atoms. The first kappa shape index (κ1) is 13.9. The molecule has 0 aliphatic carbocycles. The summed E-state index contributed by atoms with van der Waals surface area (Å²) in [6.07, 6.45) is -3.09. The zero-order valence-electron chi connectivity index (χ0n) is 10.5. The molecule has 3 nitrogen and oxygen atoms in total. The van der Waals surface area contributed by atoms with E-state index in [0.717, 1.165) is 12.1 Å². The zero-order valence-corrected chi connectivity index (χ0v) is 10.5. The number of aromatic nitrogens is 1. The SMILES string of the molecule is Cc1cc(-c2cc(C(F)(F)F)ccc2N)cnc1C#N. The van der Waals surface area contributed by atoms with E-state index in [1.807, 2.05) is 6.07 Å². The summed E-state index contributed by atoms with van der Waals surface area (Å²) >= 11 is 0. The molecule has 0 atom stereocenters. The van der Waals surface area contributed by atoms with E-state index >= 15 is 0 Å². The summed E-state index contributed by atoms with van der Waals surface area (Å²) in [6, 6.07) is 6.63. The van der Waals surface area contributed by atoms with Gasteiger partial charge < -0.3 is 5.73 Å². The molecule has 0 radical (unpaired) electrons. The maximum atomic E-state index is 12.7. The van der Waals surface area contributed by atoms with Gasteiger partial charge in [-0.3, -0.25) is 0 Å². The molecule has 0 aliphatic heterocycles. The lowest BCUT2D eigenvalue weighted by molar-refractivity contribution is -0.137. The van der Waals surface area contributed by atoms with Crippen molar-refractivity contribution in [3.05, 3.63) is 47.3 Å². The molecule has 102 valence electrons. The van der Waals surface area contributed by atoms with Crippen molar-refractivity contribution in [3.63, 3.8) is 0 Å². The van der Waals surface area contributed by atoms with Gasteiger partial charge in [-0.05, 0) is 36.8 Å². The van der Waals surface area contributed by atoms with Gasteiger partial charge in [0.25, 0.3) is 0 Å². The zero-order chi connectivity index (χ0) is 14.9. The van der Waals surface area contributed by atoms with Gasteiger partial charge in [0.1, 0.15) is 11.8 Å². The number of rotatable bonds is 1. The Labute approximate surface area is 113 Å². The Bertz CT molecular complexity index is 700. The van der Waals surface area contributed by atoms with Gasteiger partial charge in [-0.2, -0.15) is 18.4 Å². The Kier molecular flexibility index (Phi) is 3.36. The van der Waals surface area contributed by atoms with Crippen LogP contribution in [0.15, 0.2) is 30.5 Å². The molecular weight excluding hydrogens is 267 g/mol. The first-order valence-corrected chi connectivity index (χ1v) is 5.67. The fourth-order valence-corrected chi connectivity index (χ4v) is 1.82. The number of hydrogen-bond acceptors (Lipinski definition) is 3. The third-order valence-electron chi connectivity index (χ3n) is 2.88. The topological polar surface area (TPSA) is 62.7 Å². The number of aryl methyl sites for hydroxylation is 1. The summed E-state index contributed by atoms with van der Waals surface area (Å²) in [4.78, 5) is 3.91. The molecule has 1 aromatic heterocycles. The van der Waals surface area contributed by atoms with Gasteiger partial charge in [0.05, 0.1) is 5.56 Å². The lowest BCUT2D eigenvalue weighted by Gasteiger charge is -2.12. The van der Waals surface area contributed by atoms with Crippen LogP contribution in [0.25, 0.3) is 11.1 Å². The normalized spacial score (nSPS) is 11.2. The van der Waals surface area contributed by atoms with E-state index < -0.39 is 11.7 Å². The summed E-state index contributed by atoms with van der Waals surface area (Å²) < 4.78 is 38.1. The Hall–Kier alpha value is -2.55. The molecule has 0 amide bonds. The minimum absolute atomic E-state index is 0.226. The van der Waals surface area contributed by atoms with Gasteiger partial charge in [0.15, 0.2) is 0 Å². The largest absolute Gasteiger partial charge is 0.416 e. The van der Waals surface area contributed by atoms with Crippen LogP contribution in [-0.4, -0.2) is 4.98 Å². The number of nitrogen functional groups attached to an aromatic ring is 1. The second kappa shape index (κ2) is 4.85. The average molecular weight is 277 g/mol. The molecule has 0 spiro atoms. The molecule has 0 aliphatic rings. The molecule has 6 heteroatoms. The van der Waals surface area contributed by atoms with E-state index in [0.29, 0.717) is 11.1 Å². The van der Waals surface area contributed by atoms with Crippen molar-refractivity contribution in [2.24, 2.45) is 0 Å². The van der Waals surface area contributed by atoms with E-state index in [1.54, 1.807) is 13.0 Å². The van der Waals surface area contributed by atoms with E-state index in [2.05, 4.69) is 4.98 Å². The van der Waals surface area contributed by atoms with Crippen molar-refractivity contribution >= 4 is 5.69 Å². The van der Waals surface area contributed by atoms with Crippen LogP contribution in [0.4, 0.5) is 18.9 Å². The number of benzene rings is 1. The molecule has 1 heterocycles. The standard InChI is InChI=1S/C14H10F3N3/c1-8-4-9(7-20-13(8)6-18)11-5-10(14(15,16)17)2-3-12(11)19/h2-5,7H,19H2,1H3. The van der Waals surface area contributed by atoms with Crippen LogP contribution >= 0.6 is 0 Å². The van der Waals surface area contributed by atoms with E-state index in [4.69, 9.17) is 11.0 Å². The molecule has 2 N–H and O–H groups in total. The highest BCUT2D eigenvalue weighted by molar-refractivity contribution is 5.77. The molecule has 0 saturated heterocycles. The van der Waals surface area contributed by atoms with Gasteiger partial charge in [-0.1, -0.05) is 0 Å². The molecular formula is C14H10F3N3. The number of alkyl halides is 3. The fourth-order valence-electron chi connectivity index (χ4n) is 1.82. The van der Waals surface area contributed by atoms with Crippen molar-refractivity contribution in [3.8, 4) is 17.2 Å². The lowest BCUT2D eigenvalue weighted by Crippen LogP contribution is -2.06. The van der Waals surface area contributed by atoms with Crippen molar-refractivity contribution < 1.29 is 13.2 Å². The Morgan fingerprint density at radius 3 is 2.50 bits per heavy atom. The number of pyridine rings is 1. The first-order chi connectivity index (χ1) is 9.32. The van der Waals surface area contributed by atoms with E-state index in [9.17, 15) is 13.2 Å². The summed E-state index contributed by atoms with van der Waals surface area (Å²) in [5.41, 5.74) is 6.70. The first-order valence-electron chi connectivity index (χ1n) is 5.67. The molecule has 2 aromatic rings. The number of halogens is 3. The minimum Gasteiger partial charge on any atom is -0.398 e. The molecule has 0 fully saturated rings. The molecule has 1 aromatic carbocycles. The van der Waals surface area contributed by atoms with Gasteiger partial charge >= 0.3 is 6.18 Å². The van der Waals surface area contributed by atoms with Gasteiger partial charge in [-0.25, -0.2) is 4.98 Å². The van der Waals surface area contributed by atoms with E-state index in [-0.39, 0.29) is 16.9 Å². The summed E-state index contributed by atoms with van der Waals surface area (Å²) in [5, 5.41) is 8.80. The lowest BCUT2D eigenvalue weighted by atomic mass is 10.0. The third kappa shape index (κ3) is 2.57. The Morgan fingerprint density at radius 2 is 1.95 bits per heavy atom. The second-order valence-electron chi connectivity index (χ2n) is 4.30. The number of nitrogens with zero attached hydrogens (tertiary/aromatic N) is 2. The molecule has 2 rings (SSSR count). The number of hydrogen-bond donors (Lipinski definition) is 1. The highest BCUT2D eigenvalue weighted by Gasteiger charge is 2.31. The summed E-state index contributed by atoms with van der Waals surface area (Å²) in [6.45, 7) is 1.67. The average Bonchev–Trinajstić information content (AvgIpc) is 2.37. The number of nitriles is 1. The predicted molar refractivity (Wildman–Crippen MR) is 68.5 cm³/mol. The second-order valence-corrected chi connectivity index (χ2v) is 4.30. The Morgan fingerprint density at radius 1 is 1.25 bits per heavy atom. The van der Waals surface area contributed by atoms with Gasteiger partial charge in [0.2, 0.25) is 0 Å². The van der Waals surface area contributed by atoms with Crippen molar-refractivity contribution in [1.82, 2.24) is 4.98 Å². The van der Waals surface area contributed by atoms with Crippen molar-refractivity contribution in [2.45, 2.75) is 13.1 Å². The van der Waals surface area contributed by atoms with Crippen LogP contribution in [-0.2, 0) is 6.18 Å². The highest BCUT2D eigenvalue weighted by atomic mass is 19.4. The van der Waals surface area contributed by atoms with Crippen LogP contribution in [0.2, 0.25) is 0 Å². The van der Waals surface area contributed by atoms with Crippen LogP contribution in [0, 0.1) is 18.3 Å². The maximum absolute atomic E-state index is 12.7. The minimum atomic E-state index is -4.43. The molecule has 0 unspecified atom stereocenters. The quantitative estimate of drug-likeness (QED) is 0.811. The summed E-state index contributed by atoms with van der Waals surface area (Å²) in [7, 11) is 0. The monoisotopic (exact) mass is 277 g/mol. The van der Waals surface area contributed by atoms with Crippen molar-refractivity contribution in [1.29, 1.82) is 5.26 Å². The molecule has 0 bridgehead atoms. The van der Waals surface area contributed by atoms with Crippen LogP contribution < -0.4 is 5.73 Å². The van der Waals surface area contributed by atoms with Crippen LogP contribution in [0.3, 0.4) is 0 Å². The van der Waals surface area contributed by atoms with Gasteiger partial charge in [0, 0.05) is 23.0 Å². The number of anilines is 1. The molecule has 0 saturated carbocycles. The van der Waals surface area contributed by atoms with Gasteiger partial charge in [-0.15, -0.1) is 0 Å². The third-order valence-corrected chi connectivity index (χ3v) is 2.88. The fraction of sp³-hybridized carbons (Fsp3) is 0.143. The van der Waals surface area contributed by atoms with E-state index in [1.165, 1.54) is 12.3 Å².